The summed E-state index contributed by atoms with van der Waals surface area (Å²) in [6, 6.07) is 7.80. The third-order valence-electron chi connectivity index (χ3n) is 2.60. The normalized spacial score (nSPS) is 11.1. The topological polar surface area (TPSA) is 48.4 Å². The molecular formula is C14H9ClF3NO3. The van der Waals surface area contributed by atoms with Crippen molar-refractivity contribution in [2.45, 2.75) is 6.36 Å². The quantitative estimate of drug-likeness (QED) is 0.628. The summed E-state index contributed by atoms with van der Waals surface area (Å²) in [5.74, 6) is -0.950. The molecule has 116 valence electrons. The van der Waals surface area contributed by atoms with Crippen molar-refractivity contribution in [3.8, 4) is 17.0 Å². The van der Waals surface area contributed by atoms with Gasteiger partial charge in [-0.15, -0.1) is 13.2 Å². The van der Waals surface area contributed by atoms with Crippen LogP contribution >= 0.6 is 11.6 Å². The zero-order chi connectivity index (χ0) is 16.3. The van der Waals surface area contributed by atoms with Gasteiger partial charge in [-0.25, -0.2) is 9.78 Å². The van der Waals surface area contributed by atoms with Crippen molar-refractivity contribution in [3.63, 3.8) is 0 Å². The Morgan fingerprint density at radius 1 is 1.18 bits per heavy atom. The molecule has 0 radical (unpaired) electrons. The number of carbonyl (C=O) groups is 1. The molecule has 0 unspecified atom stereocenters. The average Bonchev–Trinajstić information content (AvgIpc) is 2.45. The van der Waals surface area contributed by atoms with Crippen molar-refractivity contribution in [1.29, 1.82) is 0 Å². The zero-order valence-corrected chi connectivity index (χ0v) is 11.9. The molecule has 0 fully saturated rings. The molecular weight excluding hydrogens is 323 g/mol. The Morgan fingerprint density at radius 3 is 2.36 bits per heavy atom. The lowest BCUT2D eigenvalue weighted by Gasteiger charge is -2.09. The van der Waals surface area contributed by atoms with Gasteiger partial charge in [-0.2, -0.15) is 0 Å². The highest BCUT2D eigenvalue weighted by atomic mass is 35.5. The second-order valence-electron chi connectivity index (χ2n) is 4.13. The summed E-state index contributed by atoms with van der Waals surface area (Å²) in [6.07, 6.45) is -4.76. The minimum atomic E-state index is -4.76. The molecule has 2 rings (SSSR count). The largest absolute Gasteiger partial charge is 0.573 e. The van der Waals surface area contributed by atoms with E-state index in [1.165, 1.54) is 31.4 Å². The highest BCUT2D eigenvalue weighted by Crippen LogP contribution is 2.27. The van der Waals surface area contributed by atoms with Crippen LogP contribution in [0.2, 0.25) is 5.15 Å². The molecule has 0 atom stereocenters. The molecule has 0 amide bonds. The molecule has 0 aliphatic heterocycles. The van der Waals surface area contributed by atoms with E-state index in [1.54, 1.807) is 0 Å². The SMILES string of the molecule is COC(=O)c1cc(Cl)nc(-c2ccc(OC(F)(F)F)cc2)c1. The molecule has 0 bridgehead atoms. The summed E-state index contributed by atoms with van der Waals surface area (Å²) in [6.45, 7) is 0. The summed E-state index contributed by atoms with van der Waals surface area (Å²) in [5.41, 5.74) is 0.988. The van der Waals surface area contributed by atoms with Crippen LogP contribution in [0.5, 0.6) is 5.75 Å². The van der Waals surface area contributed by atoms with Crippen LogP contribution in [-0.4, -0.2) is 24.4 Å². The molecule has 4 nitrogen and oxygen atoms in total. The second-order valence-corrected chi connectivity index (χ2v) is 4.51. The van der Waals surface area contributed by atoms with Gasteiger partial charge in [0.05, 0.1) is 18.4 Å². The number of carbonyl (C=O) groups excluding carboxylic acids is 1. The number of ether oxygens (including phenoxy) is 2. The van der Waals surface area contributed by atoms with E-state index in [9.17, 15) is 18.0 Å². The van der Waals surface area contributed by atoms with Gasteiger partial charge in [0.1, 0.15) is 10.9 Å². The number of halogens is 4. The van der Waals surface area contributed by atoms with Crippen LogP contribution in [0.3, 0.4) is 0 Å². The van der Waals surface area contributed by atoms with Gasteiger partial charge in [-0.1, -0.05) is 11.6 Å². The van der Waals surface area contributed by atoms with E-state index in [2.05, 4.69) is 14.5 Å². The molecule has 1 heterocycles. The van der Waals surface area contributed by atoms with Gasteiger partial charge in [0.2, 0.25) is 0 Å². The van der Waals surface area contributed by atoms with E-state index in [0.717, 1.165) is 12.1 Å². The number of nitrogens with zero attached hydrogens (tertiary/aromatic N) is 1. The van der Waals surface area contributed by atoms with E-state index < -0.39 is 12.3 Å². The molecule has 0 aliphatic rings. The Bertz CT molecular complexity index is 687. The fourth-order valence-electron chi connectivity index (χ4n) is 1.71. The van der Waals surface area contributed by atoms with Gasteiger partial charge >= 0.3 is 12.3 Å². The van der Waals surface area contributed by atoms with Crippen LogP contribution in [0.15, 0.2) is 36.4 Å². The van der Waals surface area contributed by atoms with Crippen LogP contribution in [0.1, 0.15) is 10.4 Å². The maximum Gasteiger partial charge on any atom is 0.573 e. The molecule has 1 aromatic carbocycles. The average molecular weight is 332 g/mol. The molecule has 22 heavy (non-hydrogen) atoms. The zero-order valence-electron chi connectivity index (χ0n) is 11.1. The van der Waals surface area contributed by atoms with Gasteiger partial charge in [0.15, 0.2) is 0 Å². The van der Waals surface area contributed by atoms with Crippen molar-refractivity contribution in [2.24, 2.45) is 0 Å². The number of hydrogen-bond donors (Lipinski definition) is 0. The van der Waals surface area contributed by atoms with Crippen LogP contribution in [0, 0.1) is 0 Å². The van der Waals surface area contributed by atoms with Crippen LogP contribution in [-0.2, 0) is 4.74 Å². The molecule has 8 heteroatoms. The first-order chi connectivity index (χ1) is 10.3. The fraction of sp³-hybridized carbons (Fsp3) is 0.143. The van der Waals surface area contributed by atoms with Gasteiger partial charge in [0, 0.05) is 5.56 Å². The lowest BCUT2D eigenvalue weighted by Crippen LogP contribution is -2.16. The third-order valence-corrected chi connectivity index (χ3v) is 2.79. The molecule has 1 aromatic heterocycles. The van der Waals surface area contributed by atoms with Crippen molar-refractivity contribution in [1.82, 2.24) is 4.98 Å². The molecule has 0 saturated carbocycles. The summed E-state index contributed by atoms with van der Waals surface area (Å²) < 4.78 is 44.6. The highest BCUT2D eigenvalue weighted by Gasteiger charge is 2.31. The number of pyridine rings is 1. The first-order valence-corrected chi connectivity index (χ1v) is 6.28. The van der Waals surface area contributed by atoms with Crippen LogP contribution in [0.25, 0.3) is 11.3 Å². The number of hydrogen-bond acceptors (Lipinski definition) is 4. The highest BCUT2D eigenvalue weighted by molar-refractivity contribution is 6.29. The fourth-order valence-corrected chi connectivity index (χ4v) is 1.92. The van der Waals surface area contributed by atoms with Gasteiger partial charge in [0.25, 0.3) is 0 Å². The van der Waals surface area contributed by atoms with Crippen LogP contribution in [0.4, 0.5) is 13.2 Å². The predicted octanol–water partition coefficient (Wildman–Crippen LogP) is 4.09. The Balaban J connectivity index is 2.32. The smallest absolute Gasteiger partial charge is 0.465 e. The standard InChI is InChI=1S/C14H9ClF3NO3/c1-21-13(20)9-6-11(19-12(15)7-9)8-2-4-10(5-3-8)22-14(16,17)18/h2-7H,1H3. The van der Waals surface area contributed by atoms with Gasteiger partial charge < -0.3 is 9.47 Å². The summed E-state index contributed by atoms with van der Waals surface area (Å²) >= 11 is 5.83. The van der Waals surface area contributed by atoms with E-state index in [0.29, 0.717) is 11.3 Å². The molecule has 0 N–H and O–H groups in total. The monoisotopic (exact) mass is 331 g/mol. The maximum absolute atomic E-state index is 12.1. The number of alkyl halides is 3. The summed E-state index contributed by atoms with van der Waals surface area (Å²) in [5, 5.41) is 0.0634. The van der Waals surface area contributed by atoms with Gasteiger partial charge in [-0.3, -0.25) is 0 Å². The molecule has 0 spiro atoms. The third kappa shape index (κ3) is 4.11. The maximum atomic E-state index is 12.1. The van der Waals surface area contributed by atoms with Crippen LogP contribution < -0.4 is 4.74 Å². The molecule has 0 aliphatic carbocycles. The summed E-state index contributed by atoms with van der Waals surface area (Å²) in [7, 11) is 1.22. The van der Waals surface area contributed by atoms with E-state index in [4.69, 9.17) is 11.6 Å². The van der Waals surface area contributed by atoms with E-state index >= 15 is 0 Å². The first kappa shape index (κ1) is 16.1. The van der Waals surface area contributed by atoms with E-state index in [1.807, 2.05) is 0 Å². The van der Waals surface area contributed by atoms with Crippen molar-refractivity contribution in [3.05, 3.63) is 47.1 Å². The molecule has 2 aromatic rings. The van der Waals surface area contributed by atoms with Crippen molar-refractivity contribution >= 4 is 17.6 Å². The minimum Gasteiger partial charge on any atom is -0.465 e. The Labute approximate surface area is 128 Å². The Kier molecular flexibility index (Phi) is 4.56. The molecule has 0 saturated heterocycles. The van der Waals surface area contributed by atoms with Gasteiger partial charge in [-0.05, 0) is 36.4 Å². The summed E-state index contributed by atoms with van der Waals surface area (Å²) in [4.78, 5) is 15.5. The Hall–Kier alpha value is -2.28. The number of aromatic nitrogens is 1. The number of rotatable bonds is 3. The first-order valence-electron chi connectivity index (χ1n) is 5.90. The Morgan fingerprint density at radius 2 is 1.82 bits per heavy atom. The second kappa shape index (κ2) is 6.23. The lowest BCUT2D eigenvalue weighted by atomic mass is 10.1. The van der Waals surface area contributed by atoms with Crippen molar-refractivity contribution in [2.75, 3.05) is 7.11 Å². The minimum absolute atomic E-state index is 0.0634. The lowest BCUT2D eigenvalue weighted by molar-refractivity contribution is -0.274. The number of esters is 1. The van der Waals surface area contributed by atoms with Crippen molar-refractivity contribution < 1.29 is 27.4 Å². The number of benzene rings is 1. The van der Waals surface area contributed by atoms with E-state index in [-0.39, 0.29) is 16.5 Å². The predicted molar refractivity (Wildman–Crippen MR) is 72.7 cm³/mol. The number of methoxy groups -OCH3 is 1.